The lowest BCUT2D eigenvalue weighted by atomic mass is 10.0. The maximum atomic E-state index is 12.5. The Kier molecular flexibility index (Phi) is 2.44. The van der Waals surface area contributed by atoms with Crippen molar-refractivity contribution in [2.75, 3.05) is 0 Å². The van der Waals surface area contributed by atoms with Gasteiger partial charge < -0.3 is 0 Å². The molecular formula is C14H13NO3S. The molecule has 3 rings (SSSR count). The topological polar surface area (TPSA) is 54.5 Å². The minimum absolute atomic E-state index is 0.217. The van der Waals surface area contributed by atoms with Crippen LogP contribution in [0.2, 0.25) is 0 Å². The van der Waals surface area contributed by atoms with Gasteiger partial charge in [0.1, 0.15) is 0 Å². The third kappa shape index (κ3) is 1.51. The van der Waals surface area contributed by atoms with Gasteiger partial charge in [0.05, 0.1) is 4.90 Å². The number of nitrogens with zero attached hydrogens (tertiary/aromatic N) is 1. The van der Waals surface area contributed by atoms with Crippen molar-refractivity contribution in [2.24, 2.45) is 0 Å². The Morgan fingerprint density at radius 2 is 1.68 bits per heavy atom. The molecule has 0 aliphatic carbocycles. The molecule has 0 aromatic heterocycles. The summed E-state index contributed by atoms with van der Waals surface area (Å²) in [6, 6.07) is 9.94. The maximum absolute atomic E-state index is 12.5. The summed E-state index contributed by atoms with van der Waals surface area (Å²) >= 11 is 0. The fourth-order valence-electron chi connectivity index (χ4n) is 2.55. The van der Waals surface area contributed by atoms with Crippen molar-refractivity contribution in [1.82, 2.24) is 4.31 Å². The van der Waals surface area contributed by atoms with Crippen LogP contribution in [0.3, 0.4) is 0 Å². The molecule has 0 spiro atoms. The van der Waals surface area contributed by atoms with Crippen molar-refractivity contribution in [2.45, 2.75) is 24.8 Å². The fourth-order valence-corrected chi connectivity index (χ4v) is 4.37. The van der Waals surface area contributed by atoms with Crippen LogP contribution in [0.25, 0.3) is 10.8 Å². The van der Waals surface area contributed by atoms with Crippen LogP contribution < -0.4 is 0 Å². The standard InChI is InChI=1S/C14H13NO3S/c1-9(2)15-14(16)11-7-3-5-10-6-4-8-12(13(10)11)19(15,17)18/h3-9H,1-2H3. The summed E-state index contributed by atoms with van der Waals surface area (Å²) in [5, 5.41) is 1.31. The van der Waals surface area contributed by atoms with Gasteiger partial charge in [-0.2, -0.15) is 0 Å². The van der Waals surface area contributed by atoms with E-state index in [-0.39, 0.29) is 4.90 Å². The Hall–Kier alpha value is -1.88. The van der Waals surface area contributed by atoms with Gasteiger partial charge in [0.2, 0.25) is 0 Å². The molecule has 2 aromatic rings. The largest absolute Gasteiger partial charge is 0.268 e. The number of carbonyl (C=O) groups excluding carboxylic acids is 1. The number of amides is 1. The third-order valence-electron chi connectivity index (χ3n) is 3.30. The van der Waals surface area contributed by atoms with E-state index < -0.39 is 22.0 Å². The van der Waals surface area contributed by atoms with Crippen molar-refractivity contribution < 1.29 is 13.2 Å². The lowest BCUT2D eigenvalue weighted by molar-refractivity contribution is 0.0834. The van der Waals surface area contributed by atoms with Crippen LogP contribution in [-0.2, 0) is 10.0 Å². The molecule has 98 valence electrons. The van der Waals surface area contributed by atoms with Crippen LogP contribution in [0, 0.1) is 0 Å². The van der Waals surface area contributed by atoms with E-state index in [0.717, 1.165) is 9.69 Å². The smallest absolute Gasteiger partial charge is 0.268 e. The molecule has 0 N–H and O–H groups in total. The maximum Gasteiger partial charge on any atom is 0.268 e. The van der Waals surface area contributed by atoms with Crippen LogP contribution in [0.1, 0.15) is 24.2 Å². The van der Waals surface area contributed by atoms with Crippen molar-refractivity contribution in [3.8, 4) is 0 Å². The predicted molar refractivity (Wildman–Crippen MR) is 72.4 cm³/mol. The lowest BCUT2D eigenvalue weighted by Gasteiger charge is -2.31. The highest BCUT2D eigenvalue weighted by molar-refractivity contribution is 7.90. The fraction of sp³-hybridized carbons (Fsp3) is 0.214. The first-order chi connectivity index (χ1) is 8.94. The van der Waals surface area contributed by atoms with E-state index in [9.17, 15) is 13.2 Å². The second kappa shape index (κ2) is 3.81. The Morgan fingerprint density at radius 3 is 2.32 bits per heavy atom. The van der Waals surface area contributed by atoms with Crippen LogP contribution in [0.4, 0.5) is 0 Å². The molecule has 1 aliphatic heterocycles. The predicted octanol–water partition coefficient (Wildman–Crippen LogP) is 2.39. The molecule has 0 fully saturated rings. The SMILES string of the molecule is CC(C)N1C(=O)c2cccc3cccc(c23)S1(=O)=O. The van der Waals surface area contributed by atoms with Gasteiger partial charge in [-0.25, -0.2) is 12.7 Å². The summed E-state index contributed by atoms with van der Waals surface area (Å²) in [5.74, 6) is -0.445. The average molecular weight is 275 g/mol. The van der Waals surface area contributed by atoms with E-state index in [1.807, 2.05) is 12.1 Å². The Morgan fingerprint density at radius 1 is 1.05 bits per heavy atom. The summed E-state index contributed by atoms with van der Waals surface area (Å²) in [7, 11) is -3.75. The molecule has 0 saturated carbocycles. The van der Waals surface area contributed by atoms with Crippen molar-refractivity contribution in [3.63, 3.8) is 0 Å². The molecule has 0 radical (unpaired) electrons. The molecule has 1 heterocycles. The van der Waals surface area contributed by atoms with Crippen LogP contribution in [-0.4, -0.2) is 24.7 Å². The van der Waals surface area contributed by atoms with Gasteiger partial charge in [-0.15, -0.1) is 0 Å². The molecule has 0 bridgehead atoms. The molecule has 0 atom stereocenters. The number of benzene rings is 2. The van der Waals surface area contributed by atoms with Crippen LogP contribution in [0.15, 0.2) is 41.3 Å². The first kappa shape index (κ1) is 12.2. The van der Waals surface area contributed by atoms with Gasteiger partial charge in [-0.3, -0.25) is 4.79 Å². The molecule has 4 nitrogen and oxygen atoms in total. The van der Waals surface area contributed by atoms with Gasteiger partial charge in [0, 0.05) is 17.0 Å². The van der Waals surface area contributed by atoms with Gasteiger partial charge in [0.15, 0.2) is 0 Å². The summed E-state index contributed by atoms with van der Waals surface area (Å²) in [6.07, 6.45) is 0. The Bertz CT molecular complexity index is 788. The van der Waals surface area contributed by atoms with E-state index in [1.54, 1.807) is 38.1 Å². The second-order valence-corrected chi connectivity index (χ2v) is 6.64. The number of hydrogen-bond donors (Lipinski definition) is 0. The third-order valence-corrected chi connectivity index (χ3v) is 5.30. The zero-order chi connectivity index (χ0) is 13.8. The molecule has 2 aromatic carbocycles. The summed E-state index contributed by atoms with van der Waals surface area (Å²) in [4.78, 5) is 12.6. The quantitative estimate of drug-likeness (QED) is 0.803. The zero-order valence-electron chi connectivity index (χ0n) is 10.6. The van der Waals surface area contributed by atoms with Crippen LogP contribution >= 0.6 is 0 Å². The minimum atomic E-state index is -3.75. The van der Waals surface area contributed by atoms with E-state index in [1.165, 1.54) is 0 Å². The monoisotopic (exact) mass is 275 g/mol. The summed E-state index contributed by atoms with van der Waals surface area (Å²) in [6.45, 7) is 3.40. The highest BCUT2D eigenvalue weighted by Gasteiger charge is 2.39. The van der Waals surface area contributed by atoms with E-state index >= 15 is 0 Å². The molecule has 5 heteroatoms. The summed E-state index contributed by atoms with van der Waals surface area (Å²) in [5.41, 5.74) is 0.455. The molecule has 1 amide bonds. The number of sulfonamides is 1. The van der Waals surface area contributed by atoms with Crippen molar-refractivity contribution >= 4 is 26.7 Å². The van der Waals surface area contributed by atoms with Crippen molar-refractivity contribution in [3.05, 3.63) is 42.0 Å². The number of rotatable bonds is 1. The van der Waals surface area contributed by atoms with E-state index in [2.05, 4.69) is 0 Å². The minimum Gasteiger partial charge on any atom is -0.268 e. The molecule has 0 unspecified atom stereocenters. The van der Waals surface area contributed by atoms with Gasteiger partial charge in [0.25, 0.3) is 15.9 Å². The first-order valence-corrected chi connectivity index (χ1v) is 7.49. The van der Waals surface area contributed by atoms with E-state index in [0.29, 0.717) is 10.9 Å². The molecule has 19 heavy (non-hydrogen) atoms. The molecular weight excluding hydrogens is 262 g/mol. The molecule has 1 aliphatic rings. The van der Waals surface area contributed by atoms with Crippen molar-refractivity contribution in [1.29, 1.82) is 0 Å². The number of hydrogen-bond acceptors (Lipinski definition) is 3. The lowest BCUT2D eigenvalue weighted by Crippen LogP contribution is -2.44. The Balaban J connectivity index is 2.50. The van der Waals surface area contributed by atoms with Crippen LogP contribution in [0.5, 0.6) is 0 Å². The first-order valence-electron chi connectivity index (χ1n) is 6.05. The second-order valence-electron chi connectivity index (χ2n) is 4.86. The van der Waals surface area contributed by atoms with Gasteiger partial charge in [-0.1, -0.05) is 24.3 Å². The number of carbonyl (C=O) groups is 1. The highest BCUT2D eigenvalue weighted by Crippen LogP contribution is 2.35. The Labute approximate surface area is 111 Å². The highest BCUT2D eigenvalue weighted by atomic mass is 32.2. The normalized spacial score (nSPS) is 17.2. The van der Waals surface area contributed by atoms with Gasteiger partial charge >= 0.3 is 0 Å². The van der Waals surface area contributed by atoms with Gasteiger partial charge in [-0.05, 0) is 31.4 Å². The zero-order valence-corrected chi connectivity index (χ0v) is 11.4. The summed E-state index contributed by atoms with van der Waals surface area (Å²) < 4.78 is 26.1. The molecule has 0 saturated heterocycles. The van der Waals surface area contributed by atoms with E-state index in [4.69, 9.17) is 0 Å². The average Bonchev–Trinajstić information content (AvgIpc) is 2.35.